The smallest absolute Gasteiger partial charge is 0.250 e. The molecule has 3 heterocycles. The van der Waals surface area contributed by atoms with Crippen LogP contribution in [0.5, 0.6) is 0 Å². The summed E-state index contributed by atoms with van der Waals surface area (Å²) in [5, 5.41) is 13.9. The summed E-state index contributed by atoms with van der Waals surface area (Å²) >= 11 is 0. The van der Waals surface area contributed by atoms with Crippen molar-refractivity contribution in [3.05, 3.63) is 30.3 Å². The van der Waals surface area contributed by atoms with Gasteiger partial charge in [-0.15, -0.1) is 12.4 Å². The van der Waals surface area contributed by atoms with E-state index in [1.807, 2.05) is 0 Å². The van der Waals surface area contributed by atoms with Crippen molar-refractivity contribution in [2.24, 2.45) is 0 Å². The molecule has 2 aromatic rings. The van der Waals surface area contributed by atoms with Crippen molar-refractivity contribution >= 4 is 30.0 Å². The van der Waals surface area contributed by atoms with E-state index >= 15 is 0 Å². The van der Waals surface area contributed by atoms with Crippen LogP contribution in [-0.2, 0) is 15.1 Å². The molecule has 9 nitrogen and oxygen atoms in total. The molecule has 0 saturated carbocycles. The van der Waals surface area contributed by atoms with E-state index in [9.17, 15) is 9.59 Å². The second kappa shape index (κ2) is 8.33. The average molecular weight is 383 g/mol. The number of amides is 2. The first kappa shape index (κ1) is 19.9. The molecule has 0 bridgehead atoms. The molecular weight excluding hydrogens is 360 g/mol. The summed E-state index contributed by atoms with van der Waals surface area (Å²) in [5.74, 6) is 0.497. The minimum absolute atomic E-state index is 0. The number of nitrogens with one attached hydrogen (secondary N) is 2. The maximum absolute atomic E-state index is 13.1. The van der Waals surface area contributed by atoms with Crippen molar-refractivity contribution in [3.63, 3.8) is 0 Å². The summed E-state index contributed by atoms with van der Waals surface area (Å²) in [6.07, 6.45) is 4.72. The zero-order valence-corrected chi connectivity index (χ0v) is 15.6. The molecule has 0 aliphatic carbocycles. The number of likely N-dealkylation sites (N-methyl/N-ethyl adjacent to an activating group) is 1. The highest BCUT2D eigenvalue weighted by Gasteiger charge is 2.43. The van der Waals surface area contributed by atoms with Crippen LogP contribution in [0.2, 0.25) is 0 Å². The molecule has 10 heteroatoms. The maximum Gasteiger partial charge on any atom is 0.250 e. The highest BCUT2D eigenvalue weighted by atomic mass is 35.5. The summed E-state index contributed by atoms with van der Waals surface area (Å²) in [6.45, 7) is 3.12. The van der Waals surface area contributed by atoms with E-state index in [2.05, 4.69) is 20.9 Å². The Kier molecular flexibility index (Phi) is 6.38. The van der Waals surface area contributed by atoms with Gasteiger partial charge in [-0.2, -0.15) is 5.10 Å². The summed E-state index contributed by atoms with van der Waals surface area (Å²) < 4.78 is 6.63. The normalized spacial score (nSPS) is 15.8. The SMILES string of the molecule is Cc1cc(NC(=O)CN(C)C(=O)C2(n3cccn3)CCNCC2)no1.Cl. The summed E-state index contributed by atoms with van der Waals surface area (Å²) in [4.78, 5) is 26.8. The highest BCUT2D eigenvalue weighted by molar-refractivity contribution is 5.95. The van der Waals surface area contributed by atoms with Gasteiger partial charge in [-0.05, 0) is 38.9 Å². The standard InChI is InChI=1S/C16H22N6O3.ClH/c1-12-10-13(20-25-12)19-14(23)11-21(2)15(24)16(4-7-17-8-5-16)22-9-3-6-18-22;/h3,6,9-10,17H,4-5,7-8,11H2,1-2H3,(H,19,20,23);1H. The van der Waals surface area contributed by atoms with Crippen LogP contribution in [0.25, 0.3) is 0 Å². The van der Waals surface area contributed by atoms with E-state index in [1.54, 1.807) is 43.2 Å². The molecule has 2 amide bonds. The molecule has 0 aromatic carbocycles. The van der Waals surface area contributed by atoms with Gasteiger partial charge < -0.3 is 20.1 Å². The lowest BCUT2D eigenvalue weighted by atomic mass is 9.87. The Hall–Kier alpha value is -2.39. The number of anilines is 1. The molecule has 1 fully saturated rings. The van der Waals surface area contributed by atoms with Crippen LogP contribution in [0.1, 0.15) is 18.6 Å². The first-order valence-electron chi connectivity index (χ1n) is 8.21. The third-order valence-corrected chi connectivity index (χ3v) is 4.39. The van der Waals surface area contributed by atoms with Crippen molar-refractivity contribution in [2.75, 3.05) is 32.0 Å². The average Bonchev–Trinajstić information content (AvgIpc) is 3.27. The predicted octanol–water partition coefficient (Wildman–Crippen LogP) is 0.777. The molecule has 2 aromatic heterocycles. The Morgan fingerprint density at radius 2 is 2.15 bits per heavy atom. The van der Waals surface area contributed by atoms with Crippen molar-refractivity contribution in [1.82, 2.24) is 25.2 Å². The molecule has 0 spiro atoms. The lowest BCUT2D eigenvalue weighted by molar-refractivity contribution is -0.143. The Morgan fingerprint density at radius 1 is 1.42 bits per heavy atom. The number of nitrogens with zero attached hydrogens (tertiary/aromatic N) is 4. The van der Waals surface area contributed by atoms with E-state index in [0.717, 1.165) is 13.1 Å². The van der Waals surface area contributed by atoms with E-state index < -0.39 is 5.54 Å². The second-order valence-electron chi connectivity index (χ2n) is 6.26. The van der Waals surface area contributed by atoms with E-state index in [1.165, 1.54) is 4.90 Å². The highest BCUT2D eigenvalue weighted by Crippen LogP contribution is 2.29. The number of aryl methyl sites for hydroxylation is 1. The molecule has 1 aliphatic rings. The first-order chi connectivity index (χ1) is 12.0. The topological polar surface area (TPSA) is 105 Å². The maximum atomic E-state index is 13.1. The Labute approximate surface area is 157 Å². The fourth-order valence-corrected chi connectivity index (χ4v) is 3.15. The van der Waals surface area contributed by atoms with Gasteiger partial charge in [0.15, 0.2) is 5.82 Å². The van der Waals surface area contributed by atoms with Gasteiger partial charge >= 0.3 is 0 Å². The Bertz CT molecular complexity index is 739. The number of rotatable bonds is 5. The van der Waals surface area contributed by atoms with Gasteiger partial charge in [0, 0.05) is 25.5 Å². The molecule has 0 atom stereocenters. The molecule has 26 heavy (non-hydrogen) atoms. The van der Waals surface area contributed by atoms with E-state index in [0.29, 0.717) is 24.4 Å². The van der Waals surface area contributed by atoms with Gasteiger partial charge in [0.2, 0.25) is 5.91 Å². The largest absolute Gasteiger partial charge is 0.360 e. The number of hydrogen-bond donors (Lipinski definition) is 2. The number of piperidine rings is 1. The number of carbonyl (C=O) groups excluding carboxylic acids is 2. The van der Waals surface area contributed by atoms with Crippen molar-refractivity contribution in [1.29, 1.82) is 0 Å². The van der Waals surface area contributed by atoms with Gasteiger partial charge in [-0.25, -0.2) is 0 Å². The lowest BCUT2D eigenvalue weighted by Gasteiger charge is -2.38. The third kappa shape index (κ3) is 4.05. The number of hydrogen-bond acceptors (Lipinski definition) is 6. The minimum atomic E-state index is -0.756. The number of halogens is 1. The van der Waals surface area contributed by atoms with Crippen molar-refractivity contribution in [3.8, 4) is 0 Å². The van der Waals surface area contributed by atoms with E-state index in [-0.39, 0.29) is 30.8 Å². The fraction of sp³-hybridized carbons (Fsp3) is 0.500. The van der Waals surface area contributed by atoms with Gasteiger partial charge in [-0.1, -0.05) is 5.16 Å². The molecular formula is C16H23ClN6O3. The predicted molar refractivity (Wildman–Crippen MR) is 97.1 cm³/mol. The molecule has 3 rings (SSSR count). The summed E-state index contributed by atoms with van der Waals surface area (Å²) in [6, 6.07) is 3.43. The monoisotopic (exact) mass is 382 g/mol. The Morgan fingerprint density at radius 3 is 2.73 bits per heavy atom. The summed E-state index contributed by atoms with van der Waals surface area (Å²) in [5.41, 5.74) is -0.756. The molecule has 0 radical (unpaired) electrons. The van der Waals surface area contributed by atoms with Gasteiger partial charge in [-0.3, -0.25) is 14.3 Å². The van der Waals surface area contributed by atoms with Crippen LogP contribution in [0, 0.1) is 6.92 Å². The number of aromatic nitrogens is 3. The molecule has 0 unspecified atom stereocenters. The minimum Gasteiger partial charge on any atom is -0.360 e. The third-order valence-electron chi connectivity index (χ3n) is 4.39. The molecule has 2 N–H and O–H groups in total. The van der Waals surface area contributed by atoms with Gasteiger partial charge in [0.1, 0.15) is 11.3 Å². The van der Waals surface area contributed by atoms with Crippen LogP contribution in [-0.4, -0.2) is 58.3 Å². The molecule has 142 valence electrons. The zero-order chi connectivity index (χ0) is 17.9. The van der Waals surface area contributed by atoms with Crippen LogP contribution >= 0.6 is 12.4 Å². The van der Waals surface area contributed by atoms with Crippen molar-refractivity contribution in [2.45, 2.75) is 25.3 Å². The first-order valence-corrected chi connectivity index (χ1v) is 8.21. The Balaban J connectivity index is 0.00000243. The second-order valence-corrected chi connectivity index (χ2v) is 6.26. The van der Waals surface area contributed by atoms with Crippen LogP contribution < -0.4 is 10.6 Å². The fourth-order valence-electron chi connectivity index (χ4n) is 3.15. The van der Waals surface area contributed by atoms with Gasteiger partial charge in [0.25, 0.3) is 5.91 Å². The van der Waals surface area contributed by atoms with Gasteiger partial charge in [0.05, 0.1) is 6.54 Å². The van der Waals surface area contributed by atoms with Crippen LogP contribution in [0.3, 0.4) is 0 Å². The lowest BCUT2D eigenvalue weighted by Crippen LogP contribution is -2.55. The summed E-state index contributed by atoms with van der Waals surface area (Å²) in [7, 11) is 1.63. The molecule has 1 aliphatic heterocycles. The number of carbonyl (C=O) groups is 2. The van der Waals surface area contributed by atoms with Crippen LogP contribution in [0.4, 0.5) is 5.82 Å². The quantitative estimate of drug-likeness (QED) is 0.791. The van der Waals surface area contributed by atoms with Crippen molar-refractivity contribution < 1.29 is 14.1 Å². The molecule has 1 saturated heterocycles. The van der Waals surface area contributed by atoms with E-state index in [4.69, 9.17) is 4.52 Å². The zero-order valence-electron chi connectivity index (χ0n) is 14.8. The van der Waals surface area contributed by atoms with Crippen LogP contribution in [0.15, 0.2) is 29.0 Å².